The van der Waals surface area contributed by atoms with Crippen LogP contribution in [0.3, 0.4) is 0 Å². The zero-order valence-electron chi connectivity index (χ0n) is 13.5. The van der Waals surface area contributed by atoms with Gasteiger partial charge in [-0.25, -0.2) is 4.98 Å². The summed E-state index contributed by atoms with van der Waals surface area (Å²) < 4.78 is 5.12. The van der Waals surface area contributed by atoms with E-state index in [1.54, 1.807) is 13.3 Å². The minimum atomic E-state index is 0.388. The summed E-state index contributed by atoms with van der Waals surface area (Å²) in [5, 5.41) is 10.2. The van der Waals surface area contributed by atoms with Crippen LogP contribution >= 0.6 is 23.6 Å². The number of hydrogen-bond donors (Lipinski definition) is 2. The van der Waals surface area contributed by atoms with E-state index in [2.05, 4.69) is 20.8 Å². The van der Waals surface area contributed by atoms with Crippen LogP contribution in [0.5, 0.6) is 5.75 Å². The van der Waals surface area contributed by atoms with Gasteiger partial charge in [-0.2, -0.15) is 5.10 Å². The Morgan fingerprint density at radius 1 is 1.16 bits per heavy atom. The van der Waals surface area contributed by atoms with E-state index in [1.807, 2.05) is 60.0 Å². The first-order chi connectivity index (χ1) is 12.2. The molecule has 7 heteroatoms. The van der Waals surface area contributed by atoms with Gasteiger partial charge in [0.25, 0.3) is 0 Å². The molecule has 0 radical (unpaired) electrons. The summed E-state index contributed by atoms with van der Waals surface area (Å²) in [7, 11) is 1.64. The quantitative estimate of drug-likeness (QED) is 0.403. The van der Waals surface area contributed by atoms with Crippen LogP contribution in [-0.4, -0.2) is 23.4 Å². The highest BCUT2D eigenvalue weighted by atomic mass is 32.1. The molecule has 0 atom stereocenters. The van der Waals surface area contributed by atoms with Crippen molar-refractivity contribution in [2.24, 2.45) is 5.10 Å². The van der Waals surface area contributed by atoms with Crippen molar-refractivity contribution >= 4 is 40.0 Å². The number of hydrazone groups is 1. The minimum absolute atomic E-state index is 0.388. The molecule has 5 nitrogen and oxygen atoms in total. The fourth-order valence-electron chi connectivity index (χ4n) is 2.05. The third-order valence-corrected chi connectivity index (χ3v) is 4.24. The van der Waals surface area contributed by atoms with Crippen LogP contribution in [0.2, 0.25) is 0 Å². The fraction of sp³-hybridized carbons (Fsp3) is 0.0556. The van der Waals surface area contributed by atoms with Crippen molar-refractivity contribution in [1.82, 2.24) is 10.4 Å². The summed E-state index contributed by atoms with van der Waals surface area (Å²) in [5.74, 6) is 0.806. The van der Waals surface area contributed by atoms with Crippen LogP contribution in [0, 0.1) is 0 Å². The Morgan fingerprint density at radius 2 is 1.92 bits per heavy atom. The van der Waals surface area contributed by atoms with Crippen LogP contribution in [0.15, 0.2) is 65.1 Å². The van der Waals surface area contributed by atoms with Crippen LogP contribution < -0.4 is 15.5 Å². The molecule has 0 unspecified atom stereocenters. The maximum Gasteiger partial charge on any atom is 0.193 e. The van der Waals surface area contributed by atoms with Gasteiger partial charge >= 0.3 is 0 Å². The van der Waals surface area contributed by atoms with Gasteiger partial charge in [-0.3, -0.25) is 5.43 Å². The lowest BCUT2D eigenvalue weighted by Crippen LogP contribution is -2.23. The van der Waals surface area contributed by atoms with Crippen LogP contribution in [0.25, 0.3) is 11.3 Å². The van der Waals surface area contributed by atoms with E-state index >= 15 is 0 Å². The van der Waals surface area contributed by atoms with E-state index in [-0.39, 0.29) is 0 Å². The molecule has 0 saturated carbocycles. The van der Waals surface area contributed by atoms with E-state index in [0.29, 0.717) is 5.11 Å². The zero-order chi connectivity index (χ0) is 17.5. The van der Waals surface area contributed by atoms with Gasteiger partial charge in [0.05, 0.1) is 19.0 Å². The lowest BCUT2D eigenvalue weighted by atomic mass is 10.2. The number of thiocarbonyl (C=S) groups is 1. The number of ether oxygens (including phenoxy) is 1. The standard InChI is InChI=1S/C18H16N4OS2/c1-23-15-9-7-13(8-10-15)11-19-22-17(24)21-18-20-16(12-25-18)14-5-3-2-4-6-14/h2-12H,1H3,(H2,20,21,22,24)/b19-11+. The van der Waals surface area contributed by atoms with E-state index < -0.39 is 0 Å². The van der Waals surface area contributed by atoms with Crippen LogP contribution in [0.1, 0.15) is 5.56 Å². The van der Waals surface area contributed by atoms with Crippen molar-refractivity contribution in [1.29, 1.82) is 0 Å². The Kier molecular flexibility index (Phi) is 5.71. The summed E-state index contributed by atoms with van der Waals surface area (Å²) in [5.41, 5.74) is 5.71. The highest BCUT2D eigenvalue weighted by molar-refractivity contribution is 7.80. The Balaban J connectivity index is 1.54. The third kappa shape index (κ3) is 4.85. The minimum Gasteiger partial charge on any atom is -0.497 e. The number of benzene rings is 2. The maximum absolute atomic E-state index is 5.23. The monoisotopic (exact) mass is 368 g/mol. The second kappa shape index (κ2) is 8.36. The van der Waals surface area contributed by atoms with Gasteiger partial charge in [0.1, 0.15) is 5.75 Å². The van der Waals surface area contributed by atoms with Crippen LogP contribution in [0.4, 0.5) is 5.13 Å². The molecule has 3 aromatic rings. The molecule has 3 rings (SSSR count). The predicted molar refractivity (Wildman–Crippen MR) is 107 cm³/mol. The molecule has 126 valence electrons. The summed E-state index contributed by atoms with van der Waals surface area (Å²) >= 11 is 6.72. The SMILES string of the molecule is COc1ccc(/C=N/NC(=S)Nc2nc(-c3ccccc3)cs2)cc1. The Morgan fingerprint density at radius 3 is 2.64 bits per heavy atom. The average Bonchev–Trinajstić information content (AvgIpc) is 3.11. The molecule has 0 aliphatic heterocycles. The zero-order valence-corrected chi connectivity index (χ0v) is 15.1. The van der Waals surface area contributed by atoms with Crippen molar-refractivity contribution in [2.75, 3.05) is 12.4 Å². The first-order valence-electron chi connectivity index (χ1n) is 7.49. The smallest absolute Gasteiger partial charge is 0.193 e. The molecule has 25 heavy (non-hydrogen) atoms. The Labute approximate surface area is 155 Å². The van der Waals surface area contributed by atoms with Crippen molar-refractivity contribution in [2.45, 2.75) is 0 Å². The fourth-order valence-corrected chi connectivity index (χ4v) is 2.99. The molecule has 1 heterocycles. The van der Waals surface area contributed by atoms with Gasteiger partial charge in [0.15, 0.2) is 10.2 Å². The van der Waals surface area contributed by atoms with E-state index in [4.69, 9.17) is 17.0 Å². The third-order valence-electron chi connectivity index (χ3n) is 3.29. The second-order valence-corrected chi connectivity index (χ2v) is 6.27. The van der Waals surface area contributed by atoms with Crippen molar-refractivity contribution in [3.63, 3.8) is 0 Å². The largest absolute Gasteiger partial charge is 0.497 e. The number of nitrogens with zero attached hydrogens (tertiary/aromatic N) is 2. The molecular weight excluding hydrogens is 352 g/mol. The van der Waals surface area contributed by atoms with Gasteiger partial charge in [-0.1, -0.05) is 30.3 Å². The summed E-state index contributed by atoms with van der Waals surface area (Å²) in [6.45, 7) is 0. The topological polar surface area (TPSA) is 58.5 Å². The van der Waals surface area contributed by atoms with Gasteiger partial charge in [-0.15, -0.1) is 11.3 Å². The molecule has 0 aliphatic rings. The van der Waals surface area contributed by atoms with Crippen molar-refractivity contribution in [3.8, 4) is 17.0 Å². The maximum atomic E-state index is 5.23. The first kappa shape index (κ1) is 17.1. The lowest BCUT2D eigenvalue weighted by Gasteiger charge is -2.03. The number of rotatable bonds is 5. The number of hydrogen-bond acceptors (Lipinski definition) is 5. The van der Waals surface area contributed by atoms with Gasteiger partial charge in [-0.05, 0) is 42.0 Å². The predicted octanol–water partition coefficient (Wildman–Crippen LogP) is 4.14. The molecule has 2 aromatic carbocycles. The molecular formula is C18H16N4OS2. The number of aromatic nitrogens is 1. The summed E-state index contributed by atoms with van der Waals surface area (Å²) in [4.78, 5) is 4.52. The van der Waals surface area contributed by atoms with E-state index in [0.717, 1.165) is 27.7 Å². The molecule has 0 aliphatic carbocycles. The number of nitrogens with one attached hydrogen (secondary N) is 2. The highest BCUT2D eigenvalue weighted by Gasteiger charge is 2.05. The van der Waals surface area contributed by atoms with Crippen molar-refractivity contribution < 1.29 is 4.74 Å². The summed E-state index contributed by atoms with van der Waals surface area (Å²) in [6, 6.07) is 17.6. The molecule has 0 fully saturated rings. The number of anilines is 1. The normalized spacial score (nSPS) is 10.6. The first-order valence-corrected chi connectivity index (χ1v) is 8.78. The second-order valence-electron chi connectivity index (χ2n) is 5.00. The van der Waals surface area contributed by atoms with Gasteiger partial charge in [0.2, 0.25) is 0 Å². The van der Waals surface area contributed by atoms with Crippen molar-refractivity contribution in [3.05, 3.63) is 65.5 Å². The molecule has 0 bridgehead atoms. The van der Waals surface area contributed by atoms with E-state index in [1.165, 1.54) is 11.3 Å². The Bertz CT molecular complexity index is 860. The molecule has 0 saturated heterocycles. The molecule has 1 aromatic heterocycles. The molecule has 0 spiro atoms. The average molecular weight is 368 g/mol. The number of methoxy groups -OCH3 is 1. The summed E-state index contributed by atoms with van der Waals surface area (Å²) in [6.07, 6.45) is 1.69. The highest BCUT2D eigenvalue weighted by Crippen LogP contribution is 2.24. The molecule has 0 amide bonds. The lowest BCUT2D eigenvalue weighted by molar-refractivity contribution is 0.415. The van der Waals surface area contributed by atoms with Gasteiger partial charge in [0, 0.05) is 10.9 Å². The van der Waals surface area contributed by atoms with E-state index in [9.17, 15) is 0 Å². The molecule has 2 N–H and O–H groups in total. The Hall–Kier alpha value is -2.77. The number of thiazole rings is 1. The van der Waals surface area contributed by atoms with Crippen LogP contribution in [-0.2, 0) is 0 Å². The van der Waals surface area contributed by atoms with Gasteiger partial charge < -0.3 is 10.1 Å².